The quantitative estimate of drug-likeness (QED) is 0.220. The largest absolute Gasteiger partial charge is 0.478 e. The molecule has 4 aromatic rings. The highest BCUT2D eigenvalue weighted by atomic mass is 19.1. The second-order valence-electron chi connectivity index (χ2n) is 11.1. The van der Waals surface area contributed by atoms with Crippen molar-refractivity contribution in [1.82, 2.24) is 5.32 Å². The van der Waals surface area contributed by atoms with Crippen molar-refractivity contribution in [3.63, 3.8) is 0 Å². The summed E-state index contributed by atoms with van der Waals surface area (Å²) in [7, 11) is 0. The average molecular weight is 665 g/mol. The smallest absolute Gasteiger partial charge is 0.335 e. The molecule has 6 rings (SSSR count). The van der Waals surface area contributed by atoms with Crippen LogP contribution in [0.4, 0.5) is 8.78 Å². The lowest BCUT2D eigenvalue weighted by molar-refractivity contribution is 0.0696. The minimum absolute atomic E-state index is 0.125. The Labute approximate surface area is 285 Å². The van der Waals surface area contributed by atoms with E-state index in [0.717, 1.165) is 38.0 Å². The number of ether oxygens (including phenoxy) is 2. The van der Waals surface area contributed by atoms with Crippen molar-refractivity contribution < 1.29 is 33.0 Å². The zero-order valence-electron chi connectivity index (χ0n) is 27.0. The van der Waals surface area contributed by atoms with E-state index in [-0.39, 0.29) is 29.2 Å². The lowest BCUT2D eigenvalue weighted by atomic mass is 10.1. The van der Waals surface area contributed by atoms with Crippen LogP contribution in [0.2, 0.25) is 0 Å². The van der Waals surface area contributed by atoms with E-state index in [4.69, 9.17) is 20.3 Å². The number of hydrogen-bond donors (Lipinski definition) is 3. The molecule has 9 heteroatoms. The van der Waals surface area contributed by atoms with Crippen LogP contribution in [0.15, 0.2) is 97.1 Å². The lowest BCUT2D eigenvalue weighted by Gasteiger charge is -2.10. The van der Waals surface area contributed by atoms with Gasteiger partial charge in [-0.15, -0.1) is 0 Å². The Balaban J connectivity index is 0.000000189. The topological polar surface area (TPSA) is 111 Å². The van der Waals surface area contributed by atoms with Crippen molar-refractivity contribution in [2.75, 3.05) is 26.3 Å². The lowest BCUT2D eigenvalue weighted by Crippen LogP contribution is -2.31. The molecule has 252 valence electrons. The number of carboxylic acids is 1. The fraction of sp³-hybridized carbons (Fsp3) is 0.250. The molecular weight excluding hydrogens is 626 g/mol. The van der Waals surface area contributed by atoms with E-state index in [9.17, 15) is 18.4 Å². The summed E-state index contributed by atoms with van der Waals surface area (Å²) in [6.07, 6.45) is 4.90. The van der Waals surface area contributed by atoms with Gasteiger partial charge in [0.1, 0.15) is 11.6 Å². The number of carbonyl (C=O) groups is 2. The summed E-state index contributed by atoms with van der Waals surface area (Å²) >= 11 is 0. The molecule has 2 aliphatic rings. The number of hydrogen-bond acceptors (Lipinski definition) is 5. The first kappa shape index (κ1) is 36.5. The molecule has 2 saturated heterocycles. The molecule has 4 N–H and O–H groups in total. The Hall–Kier alpha value is -5.32. The van der Waals surface area contributed by atoms with Crippen LogP contribution in [0.1, 0.15) is 68.7 Å². The maximum absolute atomic E-state index is 13.5. The van der Waals surface area contributed by atoms with Gasteiger partial charge in [0.15, 0.2) is 0 Å². The SMILES string of the molecule is NC[C@@H]1CCCO1.O=C(NC[C@@H]1CCCO1)c1ccc(C#Cc2ccccc2F)cc1.O=C(O)c1ccc(C#Cc2ccccc2F)cc1. The van der Waals surface area contributed by atoms with E-state index in [1.807, 2.05) is 0 Å². The van der Waals surface area contributed by atoms with Crippen molar-refractivity contribution in [3.8, 4) is 23.7 Å². The summed E-state index contributed by atoms with van der Waals surface area (Å²) < 4.78 is 37.4. The highest BCUT2D eigenvalue weighted by Gasteiger charge is 2.16. The normalized spacial score (nSPS) is 15.9. The van der Waals surface area contributed by atoms with Gasteiger partial charge in [0.25, 0.3) is 5.91 Å². The maximum Gasteiger partial charge on any atom is 0.335 e. The van der Waals surface area contributed by atoms with Crippen LogP contribution in [0.3, 0.4) is 0 Å². The molecule has 2 heterocycles. The third-order valence-electron chi connectivity index (χ3n) is 7.51. The van der Waals surface area contributed by atoms with E-state index in [1.54, 1.807) is 72.8 Å². The van der Waals surface area contributed by atoms with Crippen LogP contribution in [-0.4, -0.2) is 55.5 Å². The molecule has 2 atom stereocenters. The minimum Gasteiger partial charge on any atom is -0.478 e. The molecule has 2 fully saturated rings. The number of nitrogens with two attached hydrogens (primary N) is 1. The molecule has 0 aliphatic carbocycles. The van der Waals surface area contributed by atoms with Crippen LogP contribution in [0.5, 0.6) is 0 Å². The summed E-state index contributed by atoms with van der Waals surface area (Å²) in [6, 6.07) is 25.7. The zero-order chi connectivity index (χ0) is 34.8. The third kappa shape index (κ3) is 12.3. The van der Waals surface area contributed by atoms with E-state index in [1.165, 1.54) is 30.7 Å². The summed E-state index contributed by atoms with van der Waals surface area (Å²) in [4.78, 5) is 22.7. The minimum atomic E-state index is -0.983. The molecule has 0 radical (unpaired) electrons. The van der Waals surface area contributed by atoms with Crippen molar-refractivity contribution in [1.29, 1.82) is 0 Å². The number of amides is 1. The number of benzene rings is 4. The maximum atomic E-state index is 13.5. The van der Waals surface area contributed by atoms with Crippen LogP contribution in [-0.2, 0) is 9.47 Å². The molecule has 4 aromatic carbocycles. The van der Waals surface area contributed by atoms with Crippen molar-refractivity contribution >= 4 is 11.9 Å². The fourth-order valence-corrected chi connectivity index (χ4v) is 4.75. The Kier molecular flexibility index (Phi) is 14.5. The van der Waals surface area contributed by atoms with Gasteiger partial charge in [0.2, 0.25) is 0 Å². The molecule has 0 bridgehead atoms. The summed E-state index contributed by atoms with van der Waals surface area (Å²) in [5, 5.41) is 11.6. The van der Waals surface area contributed by atoms with Crippen LogP contribution < -0.4 is 11.1 Å². The van der Waals surface area contributed by atoms with Gasteiger partial charge in [-0.2, -0.15) is 0 Å². The van der Waals surface area contributed by atoms with Gasteiger partial charge >= 0.3 is 5.97 Å². The first-order valence-electron chi connectivity index (χ1n) is 16.0. The summed E-state index contributed by atoms with van der Waals surface area (Å²) in [5.41, 5.74) is 8.13. The average Bonchev–Trinajstić information content (AvgIpc) is 3.86. The first-order valence-corrected chi connectivity index (χ1v) is 16.0. The number of aromatic carboxylic acids is 1. The molecule has 0 spiro atoms. The van der Waals surface area contributed by atoms with E-state index >= 15 is 0 Å². The van der Waals surface area contributed by atoms with Crippen LogP contribution >= 0.6 is 0 Å². The third-order valence-corrected chi connectivity index (χ3v) is 7.51. The highest BCUT2D eigenvalue weighted by molar-refractivity contribution is 5.94. The molecule has 7 nitrogen and oxygen atoms in total. The van der Waals surface area contributed by atoms with Gasteiger partial charge < -0.3 is 25.6 Å². The predicted molar refractivity (Wildman–Crippen MR) is 184 cm³/mol. The number of carbonyl (C=O) groups excluding carboxylic acids is 1. The van der Waals surface area contributed by atoms with Gasteiger partial charge in [-0.25, -0.2) is 13.6 Å². The first-order chi connectivity index (χ1) is 23.8. The van der Waals surface area contributed by atoms with E-state index in [0.29, 0.717) is 41.4 Å². The van der Waals surface area contributed by atoms with Gasteiger partial charge in [-0.05, 0) is 98.5 Å². The fourth-order valence-electron chi connectivity index (χ4n) is 4.75. The molecular formula is C40H38F2N2O5. The zero-order valence-corrected chi connectivity index (χ0v) is 27.0. The number of halogens is 2. The van der Waals surface area contributed by atoms with Gasteiger partial charge in [0.05, 0.1) is 28.9 Å². The molecule has 0 saturated carbocycles. The molecule has 0 aromatic heterocycles. The summed E-state index contributed by atoms with van der Waals surface area (Å²) in [5.74, 6) is 9.38. The van der Waals surface area contributed by atoms with Crippen LogP contribution in [0, 0.1) is 35.3 Å². The Morgan fingerprint density at radius 2 is 1.16 bits per heavy atom. The monoisotopic (exact) mass is 664 g/mol. The second-order valence-corrected chi connectivity index (χ2v) is 11.1. The molecule has 49 heavy (non-hydrogen) atoms. The van der Waals surface area contributed by atoms with E-state index in [2.05, 4.69) is 29.0 Å². The Bertz CT molecular complexity index is 1790. The molecule has 0 unspecified atom stereocenters. The van der Waals surface area contributed by atoms with Crippen LogP contribution in [0.25, 0.3) is 0 Å². The van der Waals surface area contributed by atoms with Gasteiger partial charge in [-0.1, -0.05) is 47.9 Å². The predicted octanol–water partition coefficient (Wildman–Crippen LogP) is 6.18. The van der Waals surface area contributed by atoms with Crippen molar-refractivity contribution in [3.05, 3.63) is 142 Å². The molecule has 2 aliphatic heterocycles. The second kappa shape index (κ2) is 19.5. The van der Waals surface area contributed by atoms with Gasteiger partial charge in [-0.3, -0.25) is 4.79 Å². The number of rotatable bonds is 5. The molecule has 1 amide bonds. The Morgan fingerprint density at radius 3 is 1.57 bits per heavy atom. The van der Waals surface area contributed by atoms with Crippen molar-refractivity contribution in [2.24, 2.45) is 5.73 Å². The number of carboxylic acid groups (broad SMARTS) is 1. The Morgan fingerprint density at radius 1 is 0.694 bits per heavy atom. The van der Waals surface area contributed by atoms with Crippen molar-refractivity contribution in [2.45, 2.75) is 37.9 Å². The summed E-state index contributed by atoms with van der Waals surface area (Å²) in [6.45, 7) is 2.92. The standard InChI is InChI=1S/C20H18FNO2.C15H9FO2.C5H11NO/c21-19-6-2-1-4-16(19)10-7-15-8-11-17(12-9-15)20(23)22-14-18-5-3-13-24-18;16-14-4-2-1-3-12(14)8-5-11-6-9-13(10-7-11)15(17)18;6-4-5-2-1-3-7-5/h1-2,4,6,8-9,11-12,18H,3,5,13-14H2,(H,22,23);1-4,6-7,9-10H,(H,17,18);5H,1-4,6H2/t18-;;5-/m0.0/s1. The van der Waals surface area contributed by atoms with Gasteiger partial charge in [0, 0.05) is 43.0 Å². The van der Waals surface area contributed by atoms with E-state index < -0.39 is 5.97 Å². The highest BCUT2D eigenvalue weighted by Crippen LogP contribution is 2.12. The number of nitrogens with one attached hydrogen (secondary N) is 1.